The Kier molecular flexibility index (Phi) is 7.35. The molecule has 8 heteroatoms. The van der Waals surface area contributed by atoms with Crippen molar-refractivity contribution in [1.29, 1.82) is 0 Å². The molecule has 0 unspecified atom stereocenters. The molecule has 0 saturated carbocycles. The van der Waals surface area contributed by atoms with Crippen LogP contribution in [0.25, 0.3) is 0 Å². The topological polar surface area (TPSA) is 74.0 Å². The van der Waals surface area contributed by atoms with Gasteiger partial charge in [0.1, 0.15) is 12.1 Å². The van der Waals surface area contributed by atoms with E-state index in [4.69, 9.17) is 0 Å². The number of aromatic nitrogens is 3. The van der Waals surface area contributed by atoms with Gasteiger partial charge in [-0.3, -0.25) is 9.59 Å². The number of hydrogen-bond donors (Lipinski definition) is 0. The first-order chi connectivity index (χ1) is 14.5. The summed E-state index contributed by atoms with van der Waals surface area (Å²) in [5.41, 5.74) is 1.66. The largest absolute Gasteiger partial charge is 0.327 e. The molecule has 0 fully saturated rings. The summed E-state index contributed by atoms with van der Waals surface area (Å²) in [7, 11) is 1.67. The maximum Gasteiger partial charge on any atom is 0.277 e. The van der Waals surface area contributed by atoms with Crippen molar-refractivity contribution in [3.63, 3.8) is 0 Å². The zero-order chi connectivity index (χ0) is 21.5. The number of unbranched alkanes of at least 4 members (excludes halogenated alkanes) is 1. The van der Waals surface area contributed by atoms with E-state index < -0.39 is 0 Å². The van der Waals surface area contributed by atoms with Crippen molar-refractivity contribution in [3.8, 4) is 0 Å². The first kappa shape index (κ1) is 21.7. The summed E-state index contributed by atoms with van der Waals surface area (Å²) < 4.78 is 16.4. The van der Waals surface area contributed by atoms with Crippen molar-refractivity contribution >= 4 is 18.0 Å². The average molecular weight is 428 g/mol. The third kappa shape index (κ3) is 5.76. The number of halogens is 1. The molecule has 0 aliphatic carbocycles. The van der Waals surface area contributed by atoms with E-state index in [9.17, 15) is 18.8 Å². The Labute approximate surface area is 177 Å². The van der Waals surface area contributed by atoms with Gasteiger partial charge in [0.2, 0.25) is 0 Å². The van der Waals surface area contributed by atoms with Gasteiger partial charge in [0, 0.05) is 56.2 Å². The fourth-order valence-electron chi connectivity index (χ4n) is 2.91. The molecule has 1 aromatic carbocycles. The van der Waals surface area contributed by atoms with Crippen molar-refractivity contribution in [1.82, 2.24) is 14.1 Å². The van der Waals surface area contributed by atoms with Gasteiger partial charge in [-0.1, -0.05) is 23.9 Å². The van der Waals surface area contributed by atoms with Crippen LogP contribution in [0.3, 0.4) is 0 Å². The number of aryl methyl sites for hydroxylation is 2. The Hall–Kier alpha value is -3.00. The van der Waals surface area contributed by atoms with Gasteiger partial charge >= 0.3 is 0 Å². The smallest absolute Gasteiger partial charge is 0.277 e. The lowest BCUT2D eigenvalue weighted by Crippen LogP contribution is -2.21. The van der Waals surface area contributed by atoms with Gasteiger partial charge in [-0.25, -0.2) is 4.39 Å². The molecule has 2 aromatic heterocycles. The first-order valence-corrected chi connectivity index (χ1v) is 10.5. The lowest BCUT2D eigenvalue weighted by Gasteiger charge is -2.13. The normalized spacial score (nSPS) is 10.9. The van der Waals surface area contributed by atoms with Gasteiger partial charge in [-0.2, -0.15) is 4.98 Å². The third-order valence-corrected chi connectivity index (χ3v) is 5.66. The summed E-state index contributed by atoms with van der Waals surface area (Å²) >= 11 is 1.39. The zero-order valence-electron chi connectivity index (χ0n) is 16.6. The van der Waals surface area contributed by atoms with E-state index in [1.807, 2.05) is 4.57 Å². The quantitative estimate of drug-likeness (QED) is 0.227. The van der Waals surface area contributed by atoms with Gasteiger partial charge in [-0.05, 0) is 35.7 Å². The molecule has 0 amide bonds. The Morgan fingerprint density at radius 2 is 1.90 bits per heavy atom. The summed E-state index contributed by atoms with van der Waals surface area (Å²) in [5.74, 6) is 0.238. The van der Waals surface area contributed by atoms with Crippen LogP contribution in [0.5, 0.6) is 0 Å². The van der Waals surface area contributed by atoms with Crippen molar-refractivity contribution < 1.29 is 9.18 Å². The summed E-state index contributed by atoms with van der Waals surface area (Å²) in [5, 5.41) is 0.544. The molecule has 0 bridgehead atoms. The van der Waals surface area contributed by atoms with E-state index >= 15 is 0 Å². The number of pyridine rings is 1. The standard InChI is InChI=1S/C22H22FN3O3S/c1-25-10-8-17(13-20(25)28)12-18-14-26(9-2-3-11-27)22(24-21(18)29)30-15-16-4-6-19(23)7-5-16/h4-8,10-11,13-14H,2-3,9,12,15H2,1H3. The van der Waals surface area contributed by atoms with Crippen molar-refractivity contribution in [2.45, 2.75) is 36.7 Å². The summed E-state index contributed by atoms with van der Waals surface area (Å²) in [6.45, 7) is 0.543. The van der Waals surface area contributed by atoms with Crippen LogP contribution < -0.4 is 11.1 Å². The van der Waals surface area contributed by atoms with Crippen LogP contribution in [0.15, 0.2) is 63.5 Å². The molecule has 0 N–H and O–H groups in total. The molecule has 0 atom stereocenters. The van der Waals surface area contributed by atoms with E-state index in [1.54, 1.807) is 37.6 Å². The molecule has 3 rings (SSSR count). The molecule has 30 heavy (non-hydrogen) atoms. The monoisotopic (exact) mass is 427 g/mol. The molecular weight excluding hydrogens is 405 g/mol. The molecule has 156 valence electrons. The second-order valence-electron chi connectivity index (χ2n) is 6.93. The van der Waals surface area contributed by atoms with Crippen molar-refractivity contribution in [2.24, 2.45) is 7.05 Å². The van der Waals surface area contributed by atoms with Crippen molar-refractivity contribution in [2.75, 3.05) is 0 Å². The van der Waals surface area contributed by atoms with Gasteiger partial charge in [0.05, 0.1) is 0 Å². The molecule has 2 heterocycles. The third-order valence-electron chi connectivity index (χ3n) is 4.59. The fourth-order valence-corrected chi connectivity index (χ4v) is 3.86. The molecule has 3 aromatic rings. The molecular formula is C22H22FN3O3S. The van der Waals surface area contributed by atoms with E-state index in [1.165, 1.54) is 34.5 Å². The Bertz CT molecular complexity index is 1140. The van der Waals surface area contributed by atoms with E-state index in [2.05, 4.69) is 4.98 Å². The van der Waals surface area contributed by atoms with Gasteiger partial charge in [0.15, 0.2) is 5.16 Å². The Morgan fingerprint density at radius 3 is 2.60 bits per heavy atom. The zero-order valence-corrected chi connectivity index (χ0v) is 17.4. The first-order valence-electron chi connectivity index (χ1n) is 9.53. The molecule has 0 radical (unpaired) electrons. The van der Waals surface area contributed by atoms with Crippen LogP contribution in [0, 0.1) is 5.82 Å². The number of thioether (sulfide) groups is 1. The number of hydrogen-bond acceptors (Lipinski definition) is 5. The highest BCUT2D eigenvalue weighted by atomic mass is 32.2. The lowest BCUT2D eigenvalue weighted by molar-refractivity contribution is -0.107. The van der Waals surface area contributed by atoms with E-state index in [-0.39, 0.29) is 16.9 Å². The highest BCUT2D eigenvalue weighted by molar-refractivity contribution is 7.98. The van der Waals surface area contributed by atoms with Crippen LogP contribution in [0.4, 0.5) is 4.39 Å². The number of carbonyl (C=O) groups is 1. The Balaban J connectivity index is 1.85. The number of carbonyl (C=O) groups excluding carboxylic acids is 1. The number of aldehydes is 1. The highest BCUT2D eigenvalue weighted by Crippen LogP contribution is 2.21. The van der Waals surface area contributed by atoms with Gasteiger partial charge < -0.3 is 13.9 Å². The molecule has 6 nitrogen and oxygen atoms in total. The summed E-state index contributed by atoms with van der Waals surface area (Å²) in [4.78, 5) is 39.4. The molecule has 0 aliphatic heterocycles. The summed E-state index contributed by atoms with van der Waals surface area (Å²) in [6, 6.07) is 9.49. The van der Waals surface area contributed by atoms with Crippen LogP contribution in [0.1, 0.15) is 29.5 Å². The molecule has 0 aliphatic rings. The van der Waals surface area contributed by atoms with Gasteiger partial charge in [-0.15, -0.1) is 0 Å². The van der Waals surface area contributed by atoms with Crippen LogP contribution in [-0.4, -0.2) is 20.4 Å². The molecule has 0 spiro atoms. The van der Waals surface area contributed by atoms with Crippen LogP contribution in [-0.2, 0) is 30.6 Å². The lowest BCUT2D eigenvalue weighted by atomic mass is 10.1. The summed E-state index contributed by atoms with van der Waals surface area (Å²) in [6.07, 6.45) is 5.63. The minimum absolute atomic E-state index is 0.141. The maximum absolute atomic E-state index is 13.1. The molecule has 0 saturated heterocycles. The number of benzene rings is 1. The average Bonchev–Trinajstić information content (AvgIpc) is 2.73. The number of rotatable bonds is 9. The van der Waals surface area contributed by atoms with Crippen LogP contribution in [0.2, 0.25) is 0 Å². The fraction of sp³-hybridized carbons (Fsp3) is 0.273. The minimum Gasteiger partial charge on any atom is -0.327 e. The van der Waals surface area contributed by atoms with E-state index in [0.717, 1.165) is 17.4 Å². The van der Waals surface area contributed by atoms with Gasteiger partial charge in [0.25, 0.3) is 11.1 Å². The maximum atomic E-state index is 13.1. The highest BCUT2D eigenvalue weighted by Gasteiger charge is 2.11. The minimum atomic E-state index is -0.344. The second-order valence-corrected chi connectivity index (χ2v) is 7.87. The predicted molar refractivity (Wildman–Crippen MR) is 114 cm³/mol. The predicted octanol–water partition coefficient (Wildman–Crippen LogP) is 2.94. The van der Waals surface area contributed by atoms with E-state index in [0.29, 0.717) is 42.3 Å². The second kappa shape index (κ2) is 10.2. The number of nitrogens with zero attached hydrogens (tertiary/aromatic N) is 3. The Morgan fingerprint density at radius 1 is 1.13 bits per heavy atom. The SMILES string of the molecule is Cn1ccc(Cc2cn(CCCC=O)c(SCc3ccc(F)cc3)nc2=O)cc1=O. The van der Waals surface area contributed by atoms with Crippen LogP contribution >= 0.6 is 11.8 Å². The van der Waals surface area contributed by atoms with Crippen molar-refractivity contribution in [3.05, 3.63) is 92.0 Å².